The number of rotatable bonds is 5. The first-order chi connectivity index (χ1) is 4.81. The van der Waals surface area contributed by atoms with E-state index in [4.69, 9.17) is 10.2 Å². The van der Waals surface area contributed by atoms with Gasteiger partial charge in [-0.15, -0.1) is 0 Å². The molecule has 2 nitrogen and oxygen atoms in total. The van der Waals surface area contributed by atoms with Gasteiger partial charge in [0.15, 0.2) is 0 Å². The zero-order valence-corrected chi connectivity index (χ0v) is 6.03. The molecule has 1 atom stereocenters. The fourth-order valence-corrected chi connectivity index (χ4v) is 0.572. The molecule has 10 heavy (non-hydrogen) atoms. The molecule has 0 rings (SSSR count). The van der Waals surface area contributed by atoms with Crippen LogP contribution in [0.15, 0.2) is 24.8 Å². The fraction of sp³-hybridized carbons (Fsp3) is 0.500. The molecule has 0 heterocycles. The second-order valence-electron chi connectivity index (χ2n) is 2.08. The van der Waals surface area contributed by atoms with Crippen LogP contribution in [0, 0.1) is 0 Å². The van der Waals surface area contributed by atoms with Crippen molar-refractivity contribution in [2.24, 2.45) is 0 Å². The Labute approximate surface area is 61.5 Å². The maximum Gasteiger partial charge on any atom is 0.0773 e. The van der Waals surface area contributed by atoms with Crippen LogP contribution in [0.1, 0.15) is 12.8 Å². The Bertz CT molecular complexity index is 108. The number of allylic oxidation sites excluding steroid dienone is 3. The summed E-state index contributed by atoms with van der Waals surface area (Å²) in [5.41, 5.74) is 0. The van der Waals surface area contributed by atoms with Gasteiger partial charge < -0.3 is 10.2 Å². The van der Waals surface area contributed by atoms with E-state index in [1.165, 1.54) is 0 Å². The van der Waals surface area contributed by atoms with Gasteiger partial charge in [0, 0.05) is 0 Å². The van der Waals surface area contributed by atoms with E-state index in [0.717, 1.165) is 6.42 Å². The molecular formula is C8H14O2. The van der Waals surface area contributed by atoms with E-state index in [1.54, 1.807) is 6.08 Å². The molecule has 0 aromatic rings. The number of aliphatic hydroxyl groups is 2. The number of aliphatic hydroxyl groups excluding tert-OH is 2. The standard InChI is InChI=1S/C8H14O2/c1-2-3-4-5-6-8(10)7-9/h2-4,8-10H,1,5-7H2/b4-3+. The molecule has 0 radical (unpaired) electrons. The summed E-state index contributed by atoms with van der Waals surface area (Å²) in [4.78, 5) is 0. The lowest BCUT2D eigenvalue weighted by atomic mass is 10.2. The first-order valence-corrected chi connectivity index (χ1v) is 3.37. The minimum atomic E-state index is -0.575. The van der Waals surface area contributed by atoms with Crippen molar-refractivity contribution in [3.05, 3.63) is 24.8 Å². The second-order valence-corrected chi connectivity index (χ2v) is 2.08. The monoisotopic (exact) mass is 142 g/mol. The van der Waals surface area contributed by atoms with Gasteiger partial charge in [0.05, 0.1) is 12.7 Å². The largest absolute Gasteiger partial charge is 0.394 e. The molecule has 0 saturated carbocycles. The van der Waals surface area contributed by atoms with E-state index < -0.39 is 6.10 Å². The van der Waals surface area contributed by atoms with Crippen LogP contribution >= 0.6 is 0 Å². The lowest BCUT2D eigenvalue weighted by Gasteiger charge is -2.02. The lowest BCUT2D eigenvalue weighted by Crippen LogP contribution is -2.10. The third-order valence-corrected chi connectivity index (χ3v) is 1.15. The molecule has 0 aliphatic carbocycles. The van der Waals surface area contributed by atoms with Crippen LogP contribution in [-0.2, 0) is 0 Å². The molecule has 0 aromatic carbocycles. The Balaban J connectivity index is 3.18. The van der Waals surface area contributed by atoms with Crippen molar-refractivity contribution in [3.8, 4) is 0 Å². The van der Waals surface area contributed by atoms with Crippen LogP contribution in [0.5, 0.6) is 0 Å². The van der Waals surface area contributed by atoms with Crippen molar-refractivity contribution in [3.63, 3.8) is 0 Å². The normalized spacial score (nSPS) is 13.8. The average molecular weight is 142 g/mol. The molecule has 0 aliphatic heterocycles. The van der Waals surface area contributed by atoms with Crippen LogP contribution in [0.2, 0.25) is 0 Å². The Morgan fingerprint density at radius 1 is 1.50 bits per heavy atom. The molecule has 0 saturated heterocycles. The smallest absolute Gasteiger partial charge is 0.0773 e. The van der Waals surface area contributed by atoms with Crippen molar-refractivity contribution in [1.29, 1.82) is 0 Å². The predicted molar refractivity (Wildman–Crippen MR) is 41.7 cm³/mol. The van der Waals surface area contributed by atoms with Gasteiger partial charge in [0.1, 0.15) is 0 Å². The molecule has 0 fully saturated rings. The summed E-state index contributed by atoms with van der Waals surface area (Å²) in [5, 5.41) is 17.2. The summed E-state index contributed by atoms with van der Waals surface area (Å²) < 4.78 is 0. The molecule has 0 spiro atoms. The topological polar surface area (TPSA) is 40.5 Å². The third kappa shape index (κ3) is 5.54. The minimum Gasteiger partial charge on any atom is -0.394 e. The van der Waals surface area contributed by atoms with Crippen LogP contribution in [0.3, 0.4) is 0 Å². The van der Waals surface area contributed by atoms with Crippen molar-refractivity contribution >= 4 is 0 Å². The fourth-order valence-electron chi connectivity index (χ4n) is 0.572. The van der Waals surface area contributed by atoms with E-state index >= 15 is 0 Å². The maximum absolute atomic E-state index is 8.85. The van der Waals surface area contributed by atoms with Gasteiger partial charge in [0.25, 0.3) is 0 Å². The third-order valence-electron chi connectivity index (χ3n) is 1.15. The SMILES string of the molecule is C=C/C=C/CCC(O)CO. The Morgan fingerprint density at radius 2 is 2.20 bits per heavy atom. The van der Waals surface area contributed by atoms with Crippen LogP contribution in [-0.4, -0.2) is 22.9 Å². The summed E-state index contributed by atoms with van der Waals surface area (Å²) in [6.07, 6.45) is 6.24. The summed E-state index contributed by atoms with van der Waals surface area (Å²) in [7, 11) is 0. The van der Waals surface area contributed by atoms with Gasteiger partial charge in [0.2, 0.25) is 0 Å². The Morgan fingerprint density at radius 3 is 2.70 bits per heavy atom. The highest BCUT2D eigenvalue weighted by Crippen LogP contribution is 1.96. The molecular weight excluding hydrogens is 128 g/mol. The summed E-state index contributed by atoms with van der Waals surface area (Å²) in [6, 6.07) is 0. The molecule has 0 aromatic heterocycles. The van der Waals surface area contributed by atoms with E-state index in [9.17, 15) is 0 Å². The van der Waals surface area contributed by atoms with Gasteiger partial charge in [-0.3, -0.25) is 0 Å². The van der Waals surface area contributed by atoms with Crippen molar-refractivity contribution < 1.29 is 10.2 Å². The van der Waals surface area contributed by atoms with Crippen LogP contribution < -0.4 is 0 Å². The molecule has 2 heteroatoms. The number of hydrogen-bond donors (Lipinski definition) is 2. The highest BCUT2D eigenvalue weighted by atomic mass is 16.3. The zero-order chi connectivity index (χ0) is 7.82. The molecule has 0 amide bonds. The quantitative estimate of drug-likeness (QED) is 0.559. The average Bonchev–Trinajstić information content (AvgIpc) is 1.98. The molecule has 1 unspecified atom stereocenters. The van der Waals surface area contributed by atoms with Gasteiger partial charge in [-0.1, -0.05) is 24.8 Å². The summed E-state index contributed by atoms with van der Waals surface area (Å²) >= 11 is 0. The van der Waals surface area contributed by atoms with Crippen LogP contribution in [0.25, 0.3) is 0 Å². The second kappa shape index (κ2) is 6.52. The summed E-state index contributed by atoms with van der Waals surface area (Å²) in [5.74, 6) is 0. The van der Waals surface area contributed by atoms with Gasteiger partial charge >= 0.3 is 0 Å². The van der Waals surface area contributed by atoms with Crippen molar-refractivity contribution in [2.45, 2.75) is 18.9 Å². The van der Waals surface area contributed by atoms with E-state index in [0.29, 0.717) is 6.42 Å². The molecule has 2 N–H and O–H groups in total. The summed E-state index contributed by atoms with van der Waals surface area (Å²) in [6.45, 7) is 3.35. The highest BCUT2D eigenvalue weighted by molar-refractivity contribution is 4.96. The predicted octanol–water partition coefficient (Wildman–Crippen LogP) is 0.862. The molecule has 58 valence electrons. The van der Waals surface area contributed by atoms with Gasteiger partial charge in [-0.05, 0) is 12.8 Å². The molecule has 0 bridgehead atoms. The minimum absolute atomic E-state index is 0.151. The van der Waals surface area contributed by atoms with Crippen molar-refractivity contribution in [2.75, 3.05) is 6.61 Å². The van der Waals surface area contributed by atoms with E-state index in [-0.39, 0.29) is 6.61 Å². The zero-order valence-electron chi connectivity index (χ0n) is 6.03. The Hall–Kier alpha value is -0.600. The lowest BCUT2D eigenvalue weighted by molar-refractivity contribution is 0.0891. The first kappa shape index (κ1) is 9.40. The van der Waals surface area contributed by atoms with Gasteiger partial charge in [-0.2, -0.15) is 0 Å². The van der Waals surface area contributed by atoms with Gasteiger partial charge in [-0.25, -0.2) is 0 Å². The Kier molecular flexibility index (Phi) is 6.13. The highest BCUT2D eigenvalue weighted by Gasteiger charge is 1.97. The van der Waals surface area contributed by atoms with E-state index in [1.807, 2.05) is 12.2 Å². The number of hydrogen-bond acceptors (Lipinski definition) is 2. The first-order valence-electron chi connectivity index (χ1n) is 3.37. The van der Waals surface area contributed by atoms with Crippen LogP contribution in [0.4, 0.5) is 0 Å². The molecule has 0 aliphatic rings. The maximum atomic E-state index is 8.85. The van der Waals surface area contributed by atoms with Crippen molar-refractivity contribution in [1.82, 2.24) is 0 Å². The van der Waals surface area contributed by atoms with E-state index in [2.05, 4.69) is 6.58 Å².